The first kappa shape index (κ1) is 25.8. The summed E-state index contributed by atoms with van der Waals surface area (Å²) in [6.45, 7) is 5.49. The molecule has 0 spiro atoms. The van der Waals surface area contributed by atoms with Gasteiger partial charge in [0.2, 0.25) is 5.78 Å². The molecule has 35 heavy (non-hydrogen) atoms. The van der Waals surface area contributed by atoms with E-state index in [1.54, 1.807) is 12.2 Å². The van der Waals surface area contributed by atoms with Crippen molar-refractivity contribution in [2.45, 2.75) is 71.0 Å². The van der Waals surface area contributed by atoms with Gasteiger partial charge in [-0.15, -0.1) is 0 Å². The van der Waals surface area contributed by atoms with E-state index in [1.165, 1.54) is 7.11 Å². The van der Waals surface area contributed by atoms with Crippen molar-refractivity contribution in [2.75, 3.05) is 13.7 Å². The molecule has 8 heteroatoms. The van der Waals surface area contributed by atoms with Crippen LogP contribution in [0.25, 0.3) is 0 Å². The largest absolute Gasteiger partial charge is 0.469 e. The summed E-state index contributed by atoms with van der Waals surface area (Å²) < 4.78 is 9.58. The van der Waals surface area contributed by atoms with Crippen molar-refractivity contribution in [2.24, 2.45) is 34.5 Å². The molecule has 4 aliphatic carbocycles. The highest BCUT2D eigenvalue weighted by Gasteiger charge is 2.68. The number of methoxy groups -OCH3 is 1. The summed E-state index contributed by atoms with van der Waals surface area (Å²) in [6, 6.07) is 0. The number of esters is 2. The third-order valence-corrected chi connectivity index (χ3v) is 9.56. The number of ether oxygens (including phenoxy) is 2. The van der Waals surface area contributed by atoms with Crippen molar-refractivity contribution in [1.82, 2.24) is 0 Å². The van der Waals surface area contributed by atoms with Crippen LogP contribution < -0.4 is 0 Å². The van der Waals surface area contributed by atoms with Crippen LogP contribution in [0.15, 0.2) is 23.8 Å². The summed E-state index contributed by atoms with van der Waals surface area (Å²) in [4.78, 5) is 48.5. The van der Waals surface area contributed by atoms with E-state index in [0.717, 1.165) is 12.0 Å². The molecule has 4 rings (SSSR count). The summed E-state index contributed by atoms with van der Waals surface area (Å²) in [5.41, 5.74) is -1.98. The predicted octanol–water partition coefficient (Wildman–Crippen LogP) is 2.31. The van der Waals surface area contributed by atoms with E-state index >= 15 is 0 Å². The second-order valence-electron chi connectivity index (χ2n) is 11.3. The summed E-state index contributed by atoms with van der Waals surface area (Å²) in [6.07, 6.45) is 6.02. The van der Waals surface area contributed by atoms with E-state index in [2.05, 4.69) is 18.6 Å². The van der Waals surface area contributed by atoms with E-state index in [9.17, 15) is 29.4 Å². The number of carbonyl (C=O) groups excluding carboxylic acids is 4. The Morgan fingerprint density at radius 1 is 1.17 bits per heavy atom. The third kappa shape index (κ3) is 3.99. The molecule has 4 aliphatic rings. The predicted molar refractivity (Wildman–Crippen MR) is 125 cm³/mol. The molecule has 0 unspecified atom stereocenters. The number of carbonyl (C=O) groups is 4. The Balaban J connectivity index is 1.53. The Morgan fingerprint density at radius 2 is 1.86 bits per heavy atom. The molecule has 0 aromatic carbocycles. The highest BCUT2D eigenvalue weighted by atomic mass is 16.5. The number of fused-ring (bicyclic) bond motifs is 5. The molecule has 0 aliphatic heterocycles. The average molecular weight is 489 g/mol. The van der Waals surface area contributed by atoms with Crippen LogP contribution in [0.5, 0.6) is 0 Å². The lowest BCUT2D eigenvalue weighted by Gasteiger charge is -2.60. The first-order valence-corrected chi connectivity index (χ1v) is 12.5. The fourth-order valence-corrected chi connectivity index (χ4v) is 7.86. The Kier molecular flexibility index (Phi) is 6.60. The zero-order valence-electron chi connectivity index (χ0n) is 20.9. The van der Waals surface area contributed by atoms with Crippen LogP contribution in [-0.2, 0) is 28.7 Å². The SMILES string of the molecule is COC(=O)CCC(=O)OCC(=O)[C@@]1(O)CC[C@H]2[C@@H]3C[C@@H](C)C4=CC(=O)C=C[C@]4(C)[C@H]3[C@@H](O)C[C@@]21C. The summed E-state index contributed by atoms with van der Waals surface area (Å²) in [7, 11) is 1.22. The number of hydrogen-bond donors (Lipinski definition) is 2. The van der Waals surface area contributed by atoms with Crippen molar-refractivity contribution in [3.8, 4) is 0 Å². The lowest BCUT2D eigenvalue weighted by molar-refractivity contribution is -0.182. The Bertz CT molecular complexity index is 997. The maximum atomic E-state index is 13.2. The monoisotopic (exact) mass is 488 g/mol. The summed E-state index contributed by atoms with van der Waals surface area (Å²) in [5, 5.41) is 23.1. The van der Waals surface area contributed by atoms with Crippen molar-refractivity contribution in [3.63, 3.8) is 0 Å². The van der Waals surface area contributed by atoms with Crippen molar-refractivity contribution in [1.29, 1.82) is 0 Å². The summed E-state index contributed by atoms with van der Waals surface area (Å²) in [5.74, 6) is -1.74. The van der Waals surface area contributed by atoms with Crippen molar-refractivity contribution < 1.29 is 38.9 Å². The van der Waals surface area contributed by atoms with Gasteiger partial charge < -0.3 is 19.7 Å². The molecule has 8 nitrogen and oxygen atoms in total. The van der Waals surface area contributed by atoms with E-state index in [1.807, 2.05) is 13.0 Å². The number of aliphatic hydroxyl groups is 2. The molecule has 0 saturated heterocycles. The van der Waals surface area contributed by atoms with E-state index < -0.39 is 46.9 Å². The van der Waals surface area contributed by atoms with E-state index in [0.29, 0.717) is 6.42 Å². The fraction of sp³-hybridized carbons (Fsp3) is 0.704. The quantitative estimate of drug-likeness (QED) is 0.546. The molecule has 0 heterocycles. The molecule has 0 aromatic heterocycles. The van der Waals surface area contributed by atoms with Gasteiger partial charge in [0.25, 0.3) is 0 Å². The van der Waals surface area contributed by atoms with Crippen molar-refractivity contribution in [3.05, 3.63) is 23.8 Å². The number of allylic oxidation sites excluding steroid dienone is 4. The highest BCUT2D eigenvalue weighted by molar-refractivity contribution is 6.01. The molecule has 2 N–H and O–H groups in total. The zero-order chi connectivity index (χ0) is 25.8. The third-order valence-electron chi connectivity index (χ3n) is 9.56. The molecule has 3 fully saturated rings. The zero-order valence-corrected chi connectivity index (χ0v) is 20.9. The van der Waals surface area contributed by atoms with E-state index in [4.69, 9.17) is 4.74 Å². The van der Waals surface area contributed by atoms with Crippen LogP contribution >= 0.6 is 0 Å². The fourth-order valence-electron chi connectivity index (χ4n) is 7.86. The molecule has 0 amide bonds. The van der Waals surface area contributed by atoms with Gasteiger partial charge in [-0.3, -0.25) is 19.2 Å². The van der Waals surface area contributed by atoms with Gasteiger partial charge in [0.05, 0.1) is 26.1 Å². The second-order valence-corrected chi connectivity index (χ2v) is 11.3. The molecular formula is C27H36O8. The highest BCUT2D eigenvalue weighted by Crippen LogP contribution is 2.67. The Hall–Kier alpha value is -2.32. The summed E-state index contributed by atoms with van der Waals surface area (Å²) >= 11 is 0. The maximum absolute atomic E-state index is 13.2. The normalized spacial score (nSPS) is 41.8. The molecule has 3 saturated carbocycles. The molecular weight excluding hydrogens is 452 g/mol. The van der Waals surface area contributed by atoms with Crippen LogP contribution in [0.4, 0.5) is 0 Å². The number of hydrogen-bond acceptors (Lipinski definition) is 8. The minimum atomic E-state index is -1.72. The topological polar surface area (TPSA) is 127 Å². The van der Waals surface area contributed by atoms with Gasteiger partial charge in [-0.25, -0.2) is 0 Å². The van der Waals surface area contributed by atoms with Gasteiger partial charge in [0.15, 0.2) is 12.4 Å². The number of ketones is 2. The standard InChI is InChI=1S/C27H36O8/c1-15-11-17-18-8-10-27(33,21(30)14-35-23(32)6-5-22(31)34-4)26(18,3)13-20(29)24(17)25(2)9-7-16(28)12-19(15)25/h7,9,12,15,17-18,20,24,29,33H,5-6,8,10-11,13-14H2,1-4H3/t15-,17+,18+,20+,24-,25+,26+,27+/m1/s1. The number of aliphatic hydroxyl groups excluding tert-OH is 1. The van der Waals surface area contributed by atoms with Crippen LogP contribution in [0.2, 0.25) is 0 Å². The van der Waals surface area contributed by atoms with Gasteiger partial charge in [-0.05, 0) is 55.6 Å². The molecule has 8 atom stereocenters. The molecule has 0 radical (unpaired) electrons. The van der Waals surface area contributed by atoms with Crippen LogP contribution in [0.1, 0.15) is 59.3 Å². The van der Waals surface area contributed by atoms with Crippen LogP contribution in [-0.4, -0.2) is 59.1 Å². The molecule has 0 bridgehead atoms. The average Bonchev–Trinajstić information content (AvgIpc) is 3.08. The van der Waals surface area contributed by atoms with Gasteiger partial charge in [0, 0.05) is 16.7 Å². The van der Waals surface area contributed by atoms with Crippen LogP contribution in [0, 0.1) is 34.5 Å². The van der Waals surface area contributed by atoms with Gasteiger partial charge >= 0.3 is 11.9 Å². The maximum Gasteiger partial charge on any atom is 0.306 e. The second kappa shape index (κ2) is 8.96. The molecule has 0 aromatic rings. The number of Topliss-reactive ketones (excluding diaryl/α,β-unsaturated/α-hetero) is 1. The minimum Gasteiger partial charge on any atom is -0.469 e. The molecule has 192 valence electrons. The minimum absolute atomic E-state index is 0.00623. The van der Waals surface area contributed by atoms with Crippen LogP contribution in [0.3, 0.4) is 0 Å². The van der Waals surface area contributed by atoms with Gasteiger partial charge in [-0.2, -0.15) is 0 Å². The first-order valence-electron chi connectivity index (χ1n) is 12.5. The first-order chi connectivity index (χ1) is 16.4. The Labute approximate surface area is 205 Å². The van der Waals surface area contributed by atoms with E-state index in [-0.39, 0.29) is 55.1 Å². The number of rotatable bonds is 6. The van der Waals surface area contributed by atoms with Gasteiger partial charge in [0.1, 0.15) is 5.60 Å². The Morgan fingerprint density at radius 3 is 2.54 bits per heavy atom. The van der Waals surface area contributed by atoms with Crippen molar-refractivity contribution >= 4 is 23.5 Å². The lowest BCUT2D eigenvalue weighted by Crippen LogP contribution is -2.62. The lowest BCUT2D eigenvalue weighted by atomic mass is 9.45. The van der Waals surface area contributed by atoms with Gasteiger partial charge in [-0.1, -0.05) is 32.4 Å². The smallest absolute Gasteiger partial charge is 0.306 e.